The molecule has 0 spiro atoms. The minimum absolute atomic E-state index is 0.0613. The normalized spacial score (nSPS) is 16.8. The van der Waals surface area contributed by atoms with Crippen molar-refractivity contribution < 1.29 is 4.79 Å². The average Bonchev–Trinajstić information content (AvgIpc) is 3.31. The maximum absolute atomic E-state index is 13.0. The predicted molar refractivity (Wildman–Crippen MR) is 103 cm³/mol. The summed E-state index contributed by atoms with van der Waals surface area (Å²) < 4.78 is 0. The summed E-state index contributed by atoms with van der Waals surface area (Å²) in [6.45, 7) is 0.691. The monoisotopic (exact) mass is 385 g/mol. The standard InChI is InChI=1S/C20H17Cl2N3O/c21-15-8-3-1-6-13(15)17-12-23-19(24-17)18-10-5-11-25(18)20(26)14-7-2-4-9-16(14)22/h1-4,6-9,12,18H,5,10-11H2,(H,23,24). The summed E-state index contributed by atoms with van der Waals surface area (Å²) in [5.74, 6) is 0.714. The molecule has 1 aromatic heterocycles. The van der Waals surface area contributed by atoms with Crippen LogP contribution in [0.1, 0.15) is 35.1 Å². The van der Waals surface area contributed by atoms with Gasteiger partial charge in [0.2, 0.25) is 0 Å². The van der Waals surface area contributed by atoms with Crippen LogP contribution in [0.25, 0.3) is 11.3 Å². The second-order valence-corrected chi connectivity index (χ2v) is 7.11. The van der Waals surface area contributed by atoms with E-state index < -0.39 is 0 Å². The molecular formula is C20H17Cl2N3O. The number of amides is 1. The SMILES string of the molecule is O=C(c1ccccc1Cl)N1CCCC1c1ncc(-c2ccccc2Cl)[nH]1. The van der Waals surface area contributed by atoms with Crippen molar-refractivity contribution in [3.05, 3.63) is 76.2 Å². The van der Waals surface area contributed by atoms with Crippen LogP contribution in [0.15, 0.2) is 54.7 Å². The van der Waals surface area contributed by atoms with Crippen LogP contribution in [-0.2, 0) is 0 Å². The summed E-state index contributed by atoms with van der Waals surface area (Å²) in [6.07, 6.45) is 3.57. The van der Waals surface area contributed by atoms with Gasteiger partial charge in [0, 0.05) is 17.1 Å². The molecule has 1 aliphatic rings. The molecule has 1 N–H and O–H groups in total. The third-order valence-corrected chi connectivity index (χ3v) is 5.35. The summed E-state index contributed by atoms with van der Waals surface area (Å²) in [5.41, 5.74) is 2.27. The van der Waals surface area contributed by atoms with Crippen LogP contribution >= 0.6 is 23.2 Å². The fourth-order valence-electron chi connectivity index (χ4n) is 3.41. The van der Waals surface area contributed by atoms with Gasteiger partial charge in [0.25, 0.3) is 5.91 Å². The number of imidazole rings is 1. The highest BCUT2D eigenvalue weighted by Crippen LogP contribution is 2.34. The van der Waals surface area contributed by atoms with Gasteiger partial charge in [0.05, 0.1) is 28.5 Å². The van der Waals surface area contributed by atoms with Crippen LogP contribution in [0.4, 0.5) is 0 Å². The minimum atomic E-state index is -0.0880. The molecule has 0 bridgehead atoms. The van der Waals surface area contributed by atoms with E-state index in [9.17, 15) is 4.79 Å². The molecule has 1 fully saturated rings. The molecule has 6 heteroatoms. The Morgan fingerprint density at radius 3 is 2.58 bits per heavy atom. The highest BCUT2D eigenvalue weighted by Gasteiger charge is 2.33. The van der Waals surface area contributed by atoms with Crippen molar-refractivity contribution >= 4 is 29.1 Å². The van der Waals surface area contributed by atoms with Crippen LogP contribution in [-0.4, -0.2) is 27.3 Å². The molecule has 0 aliphatic carbocycles. The Labute approximate surface area is 161 Å². The van der Waals surface area contributed by atoms with Crippen molar-refractivity contribution in [3.8, 4) is 11.3 Å². The zero-order valence-electron chi connectivity index (χ0n) is 14.0. The van der Waals surface area contributed by atoms with Gasteiger partial charge in [-0.3, -0.25) is 4.79 Å². The van der Waals surface area contributed by atoms with Gasteiger partial charge in [-0.25, -0.2) is 4.98 Å². The summed E-state index contributed by atoms with van der Waals surface area (Å²) in [7, 11) is 0. The second-order valence-electron chi connectivity index (χ2n) is 6.30. The summed E-state index contributed by atoms with van der Waals surface area (Å²) in [6, 6.07) is 14.7. The number of H-pyrrole nitrogens is 1. The van der Waals surface area contributed by atoms with E-state index >= 15 is 0 Å². The number of benzene rings is 2. The first kappa shape index (κ1) is 17.1. The first-order valence-corrected chi connectivity index (χ1v) is 9.26. The van der Waals surface area contributed by atoms with Crippen molar-refractivity contribution in [2.24, 2.45) is 0 Å². The molecule has 4 rings (SSSR count). The van der Waals surface area contributed by atoms with Gasteiger partial charge < -0.3 is 9.88 Å². The zero-order chi connectivity index (χ0) is 18.1. The van der Waals surface area contributed by atoms with E-state index in [2.05, 4.69) is 9.97 Å². The number of carbonyl (C=O) groups is 1. The fraction of sp³-hybridized carbons (Fsp3) is 0.200. The van der Waals surface area contributed by atoms with Gasteiger partial charge in [0.15, 0.2) is 0 Å². The Morgan fingerprint density at radius 2 is 1.81 bits per heavy atom. The number of aromatic nitrogens is 2. The lowest BCUT2D eigenvalue weighted by Crippen LogP contribution is -2.31. The van der Waals surface area contributed by atoms with Crippen molar-refractivity contribution in [3.63, 3.8) is 0 Å². The molecule has 0 radical (unpaired) electrons. The fourth-order valence-corrected chi connectivity index (χ4v) is 3.86. The molecule has 1 atom stereocenters. The Kier molecular flexibility index (Phi) is 4.70. The molecule has 1 amide bonds. The largest absolute Gasteiger partial charge is 0.340 e. The smallest absolute Gasteiger partial charge is 0.255 e. The van der Waals surface area contributed by atoms with Gasteiger partial charge >= 0.3 is 0 Å². The molecule has 26 heavy (non-hydrogen) atoms. The predicted octanol–water partition coefficient (Wildman–Crippen LogP) is 5.36. The molecule has 132 valence electrons. The van der Waals surface area contributed by atoms with Crippen molar-refractivity contribution in [2.75, 3.05) is 6.54 Å². The van der Waals surface area contributed by atoms with E-state index in [0.717, 1.165) is 29.9 Å². The molecule has 1 unspecified atom stereocenters. The van der Waals surface area contributed by atoms with Gasteiger partial charge in [-0.05, 0) is 31.0 Å². The summed E-state index contributed by atoms with van der Waals surface area (Å²) >= 11 is 12.5. The molecule has 2 heterocycles. The second kappa shape index (κ2) is 7.14. The van der Waals surface area contributed by atoms with Gasteiger partial charge in [-0.2, -0.15) is 0 Å². The number of nitrogens with zero attached hydrogens (tertiary/aromatic N) is 2. The number of carbonyl (C=O) groups excluding carboxylic acids is 1. The number of likely N-dealkylation sites (tertiary alicyclic amines) is 1. The van der Waals surface area contributed by atoms with Crippen LogP contribution in [0, 0.1) is 0 Å². The molecular weight excluding hydrogens is 369 g/mol. The molecule has 4 nitrogen and oxygen atoms in total. The lowest BCUT2D eigenvalue weighted by molar-refractivity contribution is 0.0730. The first-order chi connectivity index (χ1) is 12.6. The van der Waals surface area contributed by atoms with E-state index in [0.29, 0.717) is 22.2 Å². The Hall–Kier alpha value is -2.30. The first-order valence-electron chi connectivity index (χ1n) is 8.50. The third-order valence-electron chi connectivity index (χ3n) is 4.69. The van der Waals surface area contributed by atoms with Crippen molar-refractivity contribution in [2.45, 2.75) is 18.9 Å². The zero-order valence-corrected chi connectivity index (χ0v) is 15.5. The topological polar surface area (TPSA) is 49.0 Å². The Bertz CT molecular complexity index is 953. The number of rotatable bonds is 3. The third kappa shape index (κ3) is 3.11. The minimum Gasteiger partial charge on any atom is -0.340 e. The van der Waals surface area contributed by atoms with E-state index in [4.69, 9.17) is 23.2 Å². The van der Waals surface area contributed by atoms with E-state index in [1.165, 1.54) is 0 Å². The quantitative estimate of drug-likeness (QED) is 0.659. The van der Waals surface area contributed by atoms with Crippen LogP contribution in [0.2, 0.25) is 10.0 Å². The lowest BCUT2D eigenvalue weighted by Gasteiger charge is -2.23. The molecule has 3 aromatic rings. The number of aromatic amines is 1. The maximum Gasteiger partial charge on any atom is 0.255 e. The molecule has 2 aromatic carbocycles. The number of hydrogen-bond acceptors (Lipinski definition) is 2. The number of nitrogens with one attached hydrogen (secondary N) is 1. The maximum atomic E-state index is 13.0. The molecule has 1 saturated heterocycles. The molecule has 0 saturated carbocycles. The van der Waals surface area contributed by atoms with Crippen molar-refractivity contribution in [1.29, 1.82) is 0 Å². The molecule has 1 aliphatic heterocycles. The number of halogens is 2. The highest BCUT2D eigenvalue weighted by molar-refractivity contribution is 6.34. The van der Waals surface area contributed by atoms with Gasteiger partial charge in [-0.15, -0.1) is 0 Å². The van der Waals surface area contributed by atoms with Crippen LogP contribution in [0.5, 0.6) is 0 Å². The van der Waals surface area contributed by atoms with E-state index in [1.54, 1.807) is 18.3 Å². The Balaban J connectivity index is 1.63. The van der Waals surface area contributed by atoms with E-state index in [-0.39, 0.29) is 11.9 Å². The average molecular weight is 386 g/mol. The van der Waals surface area contributed by atoms with Crippen LogP contribution < -0.4 is 0 Å². The lowest BCUT2D eigenvalue weighted by atomic mass is 10.1. The van der Waals surface area contributed by atoms with Gasteiger partial charge in [0.1, 0.15) is 5.82 Å². The van der Waals surface area contributed by atoms with Crippen molar-refractivity contribution in [1.82, 2.24) is 14.9 Å². The summed E-state index contributed by atoms with van der Waals surface area (Å²) in [5, 5.41) is 1.14. The van der Waals surface area contributed by atoms with Gasteiger partial charge in [-0.1, -0.05) is 53.5 Å². The highest BCUT2D eigenvalue weighted by atomic mass is 35.5. The number of hydrogen-bond donors (Lipinski definition) is 1. The summed E-state index contributed by atoms with van der Waals surface area (Å²) in [4.78, 5) is 22.7. The van der Waals surface area contributed by atoms with E-state index in [1.807, 2.05) is 41.3 Å². The van der Waals surface area contributed by atoms with Crippen LogP contribution in [0.3, 0.4) is 0 Å². The Morgan fingerprint density at radius 1 is 1.08 bits per heavy atom.